The number of benzene rings is 2. The Labute approximate surface area is 198 Å². The maximum absolute atomic E-state index is 12.8. The zero-order chi connectivity index (χ0) is 23.8. The van der Waals surface area contributed by atoms with Crippen molar-refractivity contribution in [2.24, 2.45) is 7.05 Å². The minimum Gasteiger partial charge on any atom is -0.340 e. The summed E-state index contributed by atoms with van der Waals surface area (Å²) in [5, 5.41) is 0. The lowest BCUT2D eigenvalue weighted by Gasteiger charge is -2.35. The van der Waals surface area contributed by atoms with Crippen molar-refractivity contribution in [1.82, 2.24) is 24.0 Å². The van der Waals surface area contributed by atoms with E-state index < -0.39 is 11.2 Å². The summed E-state index contributed by atoms with van der Waals surface area (Å²) >= 11 is 0. The van der Waals surface area contributed by atoms with Crippen LogP contribution in [0, 0.1) is 13.8 Å². The smallest absolute Gasteiger partial charge is 0.329 e. The first-order valence-electron chi connectivity index (χ1n) is 11.7. The molecule has 2 aromatic carbocycles. The Morgan fingerprint density at radius 2 is 1.62 bits per heavy atom. The highest BCUT2D eigenvalue weighted by Crippen LogP contribution is 2.23. The van der Waals surface area contributed by atoms with Gasteiger partial charge in [-0.1, -0.05) is 59.7 Å². The molecule has 1 saturated heterocycles. The van der Waals surface area contributed by atoms with Gasteiger partial charge in [-0.2, -0.15) is 4.98 Å². The number of fused-ring (bicyclic) bond motifs is 1. The van der Waals surface area contributed by atoms with Crippen LogP contribution >= 0.6 is 0 Å². The molecule has 0 bridgehead atoms. The number of hydrogen-bond donors (Lipinski definition) is 1. The van der Waals surface area contributed by atoms with Gasteiger partial charge in [-0.25, -0.2) is 4.79 Å². The minimum absolute atomic E-state index is 0.401. The van der Waals surface area contributed by atoms with Gasteiger partial charge in [0.15, 0.2) is 11.2 Å². The highest BCUT2D eigenvalue weighted by molar-refractivity contribution is 5.74. The molecule has 0 atom stereocenters. The number of H-pyrrole nitrogens is 1. The number of aromatic amines is 1. The van der Waals surface area contributed by atoms with Gasteiger partial charge < -0.3 is 4.90 Å². The van der Waals surface area contributed by atoms with Gasteiger partial charge in [0.2, 0.25) is 5.95 Å². The second-order valence-electron chi connectivity index (χ2n) is 9.23. The van der Waals surface area contributed by atoms with E-state index in [1.807, 2.05) is 4.57 Å². The fraction of sp³-hybridized carbons (Fsp3) is 0.346. The quantitative estimate of drug-likeness (QED) is 0.497. The van der Waals surface area contributed by atoms with Crippen LogP contribution in [0.3, 0.4) is 0 Å². The molecule has 0 radical (unpaired) electrons. The van der Waals surface area contributed by atoms with Crippen LogP contribution in [0.25, 0.3) is 11.2 Å². The van der Waals surface area contributed by atoms with Gasteiger partial charge in [0.05, 0.1) is 6.54 Å². The number of aromatic nitrogens is 4. The molecule has 1 N–H and O–H groups in total. The third kappa shape index (κ3) is 4.28. The average molecular weight is 459 g/mol. The first-order chi connectivity index (χ1) is 16.4. The summed E-state index contributed by atoms with van der Waals surface area (Å²) in [7, 11) is 1.65. The summed E-state index contributed by atoms with van der Waals surface area (Å²) in [4.78, 5) is 37.0. The molecule has 0 saturated carbocycles. The Morgan fingerprint density at radius 1 is 0.882 bits per heavy atom. The first kappa shape index (κ1) is 22.2. The Hall–Kier alpha value is -3.65. The van der Waals surface area contributed by atoms with Crippen LogP contribution in [0.2, 0.25) is 0 Å². The molecule has 2 aromatic heterocycles. The monoisotopic (exact) mass is 458 g/mol. The van der Waals surface area contributed by atoms with Crippen LogP contribution in [0.15, 0.2) is 58.1 Å². The maximum atomic E-state index is 12.8. The normalized spacial score (nSPS) is 14.7. The van der Waals surface area contributed by atoms with Gasteiger partial charge >= 0.3 is 5.69 Å². The van der Waals surface area contributed by atoms with Gasteiger partial charge in [0.25, 0.3) is 5.56 Å². The predicted octanol–water partition coefficient (Wildman–Crippen LogP) is 2.41. The third-order valence-electron chi connectivity index (χ3n) is 6.59. The van der Waals surface area contributed by atoms with Crippen molar-refractivity contribution in [3.63, 3.8) is 0 Å². The van der Waals surface area contributed by atoms with E-state index in [9.17, 15) is 9.59 Å². The number of nitrogens with zero attached hydrogens (tertiary/aromatic N) is 5. The molecule has 1 aliphatic heterocycles. The molecule has 3 heterocycles. The van der Waals surface area contributed by atoms with Crippen LogP contribution in [-0.4, -0.2) is 50.2 Å². The van der Waals surface area contributed by atoms with Crippen molar-refractivity contribution >= 4 is 17.1 Å². The van der Waals surface area contributed by atoms with Crippen molar-refractivity contribution in [2.75, 3.05) is 31.1 Å². The molecular formula is C26H30N6O2. The number of hydrogen-bond acceptors (Lipinski definition) is 5. The molecule has 176 valence electrons. The first-order valence-corrected chi connectivity index (χ1v) is 11.7. The summed E-state index contributed by atoms with van der Waals surface area (Å²) in [6.45, 7) is 9.01. The molecule has 5 rings (SSSR count). The van der Waals surface area contributed by atoms with E-state index >= 15 is 0 Å². The lowest BCUT2D eigenvalue weighted by molar-refractivity contribution is 0.248. The number of anilines is 1. The fourth-order valence-corrected chi connectivity index (χ4v) is 4.67. The van der Waals surface area contributed by atoms with Crippen LogP contribution in [0.5, 0.6) is 0 Å². The van der Waals surface area contributed by atoms with E-state index in [2.05, 4.69) is 77.2 Å². The molecule has 4 aromatic rings. The molecule has 8 heteroatoms. The van der Waals surface area contributed by atoms with Gasteiger partial charge in [-0.15, -0.1) is 0 Å². The molecule has 1 fully saturated rings. The summed E-state index contributed by atoms with van der Waals surface area (Å²) in [6, 6.07) is 16.9. The van der Waals surface area contributed by atoms with Gasteiger partial charge in [0, 0.05) is 39.8 Å². The third-order valence-corrected chi connectivity index (χ3v) is 6.59. The number of piperazine rings is 1. The van der Waals surface area contributed by atoms with E-state index in [1.165, 1.54) is 21.3 Å². The second-order valence-corrected chi connectivity index (χ2v) is 9.23. The number of rotatable bonds is 5. The van der Waals surface area contributed by atoms with Crippen molar-refractivity contribution in [3.05, 3.63) is 91.6 Å². The van der Waals surface area contributed by atoms with Crippen LogP contribution in [0.4, 0.5) is 5.95 Å². The maximum Gasteiger partial charge on any atom is 0.329 e. The standard InChI is InChI=1S/C26H30N6O2/c1-18-7-9-20(10-8-18)17-32-22-23(29(3)26(34)28-24(22)33)27-25(32)31-13-11-30(12-14-31)16-21-6-4-5-19(2)15-21/h4-10,15H,11-14,16-17H2,1-3H3,(H,28,33,34). The van der Waals surface area contributed by atoms with Crippen molar-refractivity contribution in [3.8, 4) is 0 Å². The Kier molecular flexibility index (Phi) is 5.83. The average Bonchev–Trinajstić information content (AvgIpc) is 3.19. The van der Waals surface area contributed by atoms with Gasteiger partial charge in [-0.05, 0) is 25.0 Å². The lowest BCUT2D eigenvalue weighted by Crippen LogP contribution is -2.47. The zero-order valence-corrected chi connectivity index (χ0v) is 19.9. The van der Waals surface area contributed by atoms with E-state index in [1.54, 1.807) is 7.05 Å². The van der Waals surface area contributed by atoms with Crippen LogP contribution in [-0.2, 0) is 20.1 Å². The fourth-order valence-electron chi connectivity index (χ4n) is 4.67. The van der Waals surface area contributed by atoms with E-state index in [-0.39, 0.29) is 0 Å². The molecule has 34 heavy (non-hydrogen) atoms. The lowest BCUT2D eigenvalue weighted by atomic mass is 10.1. The van der Waals surface area contributed by atoms with Crippen LogP contribution < -0.4 is 16.1 Å². The molecule has 0 spiro atoms. The Morgan fingerprint density at radius 3 is 2.32 bits per heavy atom. The van der Waals surface area contributed by atoms with Crippen molar-refractivity contribution < 1.29 is 0 Å². The Bertz CT molecular complexity index is 1440. The summed E-state index contributed by atoms with van der Waals surface area (Å²) in [5.41, 5.74) is 4.85. The summed E-state index contributed by atoms with van der Waals surface area (Å²) in [5.74, 6) is 0.734. The number of imidazole rings is 1. The number of aryl methyl sites for hydroxylation is 3. The largest absolute Gasteiger partial charge is 0.340 e. The molecule has 1 aliphatic rings. The topological polar surface area (TPSA) is 79.2 Å². The van der Waals surface area contributed by atoms with Gasteiger partial charge in [-0.3, -0.25) is 23.8 Å². The molecule has 0 amide bonds. The van der Waals surface area contributed by atoms with Crippen molar-refractivity contribution in [1.29, 1.82) is 0 Å². The zero-order valence-electron chi connectivity index (χ0n) is 19.9. The molecule has 0 aliphatic carbocycles. The molecular weight excluding hydrogens is 428 g/mol. The second kappa shape index (κ2) is 8.95. The summed E-state index contributed by atoms with van der Waals surface area (Å²) in [6.07, 6.45) is 0. The minimum atomic E-state index is -0.452. The summed E-state index contributed by atoms with van der Waals surface area (Å²) < 4.78 is 3.37. The van der Waals surface area contributed by atoms with Crippen molar-refractivity contribution in [2.45, 2.75) is 26.9 Å². The van der Waals surface area contributed by atoms with E-state index in [4.69, 9.17) is 4.98 Å². The van der Waals surface area contributed by atoms with Crippen LogP contribution in [0.1, 0.15) is 22.3 Å². The van der Waals surface area contributed by atoms with Gasteiger partial charge in [0.1, 0.15) is 0 Å². The SMILES string of the molecule is Cc1ccc(Cn2c(N3CCN(Cc4cccc(C)c4)CC3)nc3c2c(=O)[nH]c(=O)n3C)cc1. The molecule has 8 nitrogen and oxygen atoms in total. The Balaban J connectivity index is 1.46. The van der Waals surface area contributed by atoms with E-state index in [0.717, 1.165) is 44.2 Å². The number of nitrogens with one attached hydrogen (secondary N) is 1. The molecule has 0 unspecified atom stereocenters. The highest BCUT2D eigenvalue weighted by Gasteiger charge is 2.25. The predicted molar refractivity (Wildman–Crippen MR) is 135 cm³/mol. The van der Waals surface area contributed by atoms with E-state index in [0.29, 0.717) is 17.7 Å². The highest BCUT2D eigenvalue weighted by atomic mass is 16.2.